The Bertz CT molecular complexity index is 1430. The van der Waals surface area contributed by atoms with Crippen molar-refractivity contribution in [2.75, 3.05) is 41.3 Å². The van der Waals surface area contributed by atoms with Crippen LogP contribution in [0.15, 0.2) is 83.7 Å². The van der Waals surface area contributed by atoms with Crippen LogP contribution < -0.4 is 20.8 Å². The third-order valence-electron chi connectivity index (χ3n) is 6.62. The predicted molar refractivity (Wildman–Crippen MR) is 143 cm³/mol. The fraction of sp³-hybridized carbons (Fsp3) is 0.214. The van der Waals surface area contributed by atoms with E-state index in [0.717, 1.165) is 48.5 Å². The monoisotopic (exact) mass is 467 g/mol. The van der Waals surface area contributed by atoms with Crippen LogP contribution in [0.25, 0.3) is 17.1 Å². The number of anilines is 3. The molecule has 5 rings (SSSR count). The van der Waals surface area contributed by atoms with Crippen LogP contribution in [0.4, 0.5) is 17.1 Å². The molecule has 0 unspecified atom stereocenters. The normalized spacial score (nSPS) is 14.1. The van der Waals surface area contributed by atoms with E-state index in [1.165, 1.54) is 5.69 Å². The lowest BCUT2D eigenvalue weighted by atomic mass is 10.1. The van der Waals surface area contributed by atoms with Crippen molar-refractivity contribution >= 4 is 40.1 Å². The maximum absolute atomic E-state index is 12.9. The van der Waals surface area contributed by atoms with Gasteiger partial charge in [0.15, 0.2) is 0 Å². The van der Waals surface area contributed by atoms with Crippen molar-refractivity contribution in [3.63, 3.8) is 0 Å². The van der Waals surface area contributed by atoms with Crippen molar-refractivity contribution in [2.24, 2.45) is 14.1 Å². The van der Waals surface area contributed by atoms with Crippen molar-refractivity contribution < 1.29 is 4.79 Å². The zero-order valence-electron chi connectivity index (χ0n) is 20.0. The molecule has 1 fully saturated rings. The van der Waals surface area contributed by atoms with Crippen LogP contribution in [0.5, 0.6) is 0 Å². The van der Waals surface area contributed by atoms with Gasteiger partial charge in [-0.1, -0.05) is 48.5 Å². The summed E-state index contributed by atoms with van der Waals surface area (Å²) >= 11 is 0. The number of aromatic nitrogens is 2. The topological polar surface area (TPSA) is 62.5 Å². The van der Waals surface area contributed by atoms with E-state index in [4.69, 9.17) is 0 Å². The Morgan fingerprint density at radius 2 is 1.37 bits per heavy atom. The number of rotatable bonds is 5. The Kier molecular flexibility index (Phi) is 6.14. The Hall–Kier alpha value is -4.26. The van der Waals surface area contributed by atoms with E-state index in [-0.39, 0.29) is 11.6 Å². The molecule has 0 bridgehead atoms. The lowest BCUT2D eigenvalue weighted by molar-refractivity contribution is -0.111. The Morgan fingerprint density at radius 3 is 2.03 bits per heavy atom. The molecule has 1 aromatic heterocycles. The van der Waals surface area contributed by atoms with E-state index < -0.39 is 0 Å². The van der Waals surface area contributed by atoms with Crippen LogP contribution in [0, 0.1) is 0 Å². The molecular formula is C28H29N5O2. The van der Waals surface area contributed by atoms with Gasteiger partial charge in [-0.2, -0.15) is 0 Å². The van der Waals surface area contributed by atoms with Crippen molar-refractivity contribution in [3.8, 4) is 0 Å². The molecule has 35 heavy (non-hydrogen) atoms. The second kappa shape index (κ2) is 9.54. The van der Waals surface area contributed by atoms with Gasteiger partial charge in [-0.05, 0) is 35.9 Å². The lowest BCUT2D eigenvalue weighted by Gasteiger charge is -2.38. The first-order chi connectivity index (χ1) is 17.0. The number of para-hydroxylation sites is 1. The summed E-state index contributed by atoms with van der Waals surface area (Å²) in [5.41, 5.74) is 5.34. The fourth-order valence-corrected chi connectivity index (χ4v) is 4.65. The van der Waals surface area contributed by atoms with Crippen LogP contribution in [0.1, 0.15) is 5.56 Å². The number of imidazole rings is 1. The van der Waals surface area contributed by atoms with Crippen LogP contribution in [0.2, 0.25) is 0 Å². The molecule has 0 spiro atoms. The van der Waals surface area contributed by atoms with E-state index in [9.17, 15) is 9.59 Å². The maximum Gasteiger partial charge on any atom is 0.328 e. The second-order valence-corrected chi connectivity index (χ2v) is 8.80. The van der Waals surface area contributed by atoms with Gasteiger partial charge in [-0.3, -0.25) is 13.9 Å². The van der Waals surface area contributed by atoms with E-state index in [1.807, 2.05) is 48.5 Å². The molecule has 1 amide bonds. The molecule has 0 saturated carbocycles. The van der Waals surface area contributed by atoms with Crippen LogP contribution in [-0.4, -0.2) is 41.2 Å². The Labute approximate surface area is 204 Å². The summed E-state index contributed by atoms with van der Waals surface area (Å²) in [4.78, 5) is 30.1. The smallest absolute Gasteiger partial charge is 0.328 e. The number of carbonyl (C=O) groups is 1. The number of nitrogens with one attached hydrogen (secondary N) is 1. The Balaban J connectivity index is 1.44. The van der Waals surface area contributed by atoms with E-state index in [0.29, 0.717) is 5.69 Å². The summed E-state index contributed by atoms with van der Waals surface area (Å²) in [6.45, 7) is 3.36. The average molecular weight is 468 g/mol. The Morgan fingerprint density at radius 1 is 0.800 bits per heavy atom. The standard InChI is InChI=1S/C28H29N5O2/c1-30-25-19-23(29-27(34)14-13-21-9-5-3-6-10-21)24(20-26(25)31(2)28(30)35)33-17-15-32(16-18-33)22-11-7-4-8-12-22/h3-14,19-20H,15-18H2,1-2H3,(H,29,34)/b14-13+. The maximum atomic E-state index is 12.9. The summed E-state index contributed by atoms with van der Waals surface area (Å²) in [6, 6.07) is 24.1. The van der Waals surface area contributed by atoms with Crippen molar-refractivity contribution in [3.05, 3.63) is 94.9 Å². The molecule has 1 saturated heterocycles. The van der Waals surface area contributed by atoms with E-state index >= 15 is 0 Å². The van der Waals surface area contributed by atoms with Gasteiger partial charge in [-0.25, -0.2) is 4.79 Å². The summed E-state index contributed by atoms with van der Waals surface area (Å²) in [5, 5.41) is 3.06. The number of fused-ring (bicyclic) bond motifs is 1. The largest absolute Gasteiger partial charge is 0.368 e. The van der Waals surface area contributed by atoms with Gasteiger partial charge in [0, 0.05) is 52.0 Å². The minimum atomic E-state index is -0.210. The van der Waals surface area contributed by atoms with Crippen molar-refractivity contribution in [1.29, 1.82) is 0 Å². The molecule has 7 nitrogen and oxygen atoms in total. The SMILES string of the molecule is Cn1c(=O)n(C)c2cc(N3CCN(c4ccccc4)CC3)c(NC(=O)/C=C/c3ccccc3)cc21. The first-order valence-electron chi connectivity index (χ1n) is 11.8. The van der Waals surface area contributed by atoms with Crippen LogP contribution in [0.3, 0.4) is 0 Å². The molecule has 0 radical (unpaired) electrons. The third kappa shape index (κ3) is 4.57. The summed E-state index contributed by atoms with van der Waals surface area (Å²) in [6.07, 6.45) is 3.34. The van der Waals surface area contributed by atoms with Gasteiger partial charge in [0.2, 0.25) is 5.91 Å². The average Bonchev–Trinajstić information content (AvgIpc) is 3.11. The van der Waals surface area contributed by atoms with Gasteiger partial charge in [0.25, 0.3) is 0 Å². The minimum Gasteiger partial charge on any atom is -0.368 e. The summed E-state index contributed by atoms with van der Waals surface area (Å²) in [7, 11) is 3.53. The van der Waals surface area contributed by atoms with Gasteiger partial charge in [-0.15, -0.1) is 0 Å². The highest BCUT2D eigenvalue weighted by Crippen LogP contribution is 2.32. The van der Waals surface area contributed by atoms with Crippen molar-refractivity contribution in [2.45, 2.75) is 0 Å². The number of nitrogens with zero attached hydrogens (tertiary/aromatic N) is 4. The minimum absolute atomic E-state index is 0.0905. The highest BCUT2D eigenvalue weighted by Gasteiger charge is 2.22. The summed E-state index contributed by atoms with van der Waals surface area (Å²) < 4.78 is 3.27. The first-order valence-corrected chi connectivity index (χ1v) is 11.8. The lowest BCUT2D eigenvalue weighted by Crippen LogP contribution is -2.46. The molecule has 4 aromatic rings. The molecule has 1 aliphatic rings. The molecular weight excluding hydrogens is 438 g/mol. The fourth-order valence-electron chi connectivity index (χ4n) is 4.65. The molecule has 1 aliphatic heterocycles. The highest BCUT2D eigenvalue weighted by molar-refractivity contribution is 6.05. The summed E-state index contributed by atoms with van der Waals surface area (Å²) in [5.74, 6) is -0.210. The quantitative estimate of drug-likeness (QED) is 0.453. The van der Waals surface area contributed by atoms with E-state index in [2.05, 4.69) is 39.4 Å². The number of hydrogen-bond donors (Lipinski definition) is 1. The molecule has 7 heteroatoms. The zero-order chi connectivity index (χ0) is 24.4. The number of hydrogen-bond acceptors (Lipinski definition) is 4. The highest BCUT2D eigenvalue weighted by atomic mass is 16.2. The van der Waals surface area contributed by atoms with Crippen molar-refractivity contribution in [1.82, 2.24) is 9.13 Å². The number of piperazine rings is 1. The molecule has 3 aromatic carbocycles. The molecule has 0 atom stereocenters. The van der Waals surface area contributed by atoms with Gasteiger partial charge in [0.05, 0.1) is 22.4 Å². The molecule has 0 aliphatic carbocycles. The number of carbonyl (C=O) groups excluding carboxylic acids is 1. The predicted octanol–water partition coefficient (Wildman–Crippen LogP) is 3.86. The third-order valence-corrected chi connectivity index (χ3v) is 6.62. The number of amides is 1. The van der Waals surface area contributed by atoms with Crippen LogP contribution >= 0.6 is 0 Å². The van der Waals surface area contributed by atoms with Gasteiger partial charge < -0.3 is 15.1 Å². The van der Waals surface area contributed by atoms with Gasteiger partial charge >= 0.3 is 5.69 Å². The first kappa shape index (κ1) is 22.5. The van der Waals surface area contributed by atoms with E-state index in [1.54, 1.807) is 35.4 Å². The molecule has 178 valence electrons. The number of benzene rings is 3. The zero-order valence-corrected chi connectivity index (χ0v) is 20.0. The van der Waals surface area contributed by atoms with Gasteiger partial charge in [0.1, 0.15) is 0 Å². The molecule has 2 heterocycles. The second-order valence-electron chi connectivity index (χ2n) is 8.80. The molecule has 1 N–H and O–H groups in total. The van der Waals surface area contributed by atoms with Crippen LogP contribution in [-0.2, 0) is 18.9 Å². The number of aryl methyl sites for hydroxylation is 2.